The Hall–Kier alpha value is -1.27. The molecule has 0 spiro atoms. The maximum atomic E-state index is 12.3. The van der Waals surface area contributed by atoms with E-state index in [9.17, 15) is 8.42 Å². The first-order chi connectivity index (χ1) is 9.49. The molecule has 0 aromatic heterocycles. The predicted octanol–water partition coefficient (Wildman–Crippen LogP) is 1.85. The van der Waals surface area contributed by atoms with Crippen molar-refractivity contribution >= 4 is 15.7 Å². The second-order valence-electron chi connectivity index (χ2n) is 5.19. The van der Waals surface area contributed by atoms with Gasteiger partial charge in [0.25, 0.3) is 0 Å². The van der Waals surface area contributed by atoms with Gasteiger partial charge in [-0.05, 0) is 44.0 Å². The molecular weight excluding hydrogens is 276 g/mol. The van der Waals surface area contributed by atoms with Crippen LogP contribution in [0, 0.1) is 0 Å². The number of sulfonamides is 1. The Morgan fingerprint density at radius 3 is 2.65 bits per heavy atom. The van der Waals surface area contributed by atoms with Crippen molar-refractivity contribution in [2.75, 3.05) is 24.6 Å². The van der Waals surface area contributed by atoms with E-state index in [1.165, 1.54) is 0 Å². The molecule has 0 amide bonds. The largest absolute Gasteiger partial charge is 0.492 e. The second-order valence-corrected chi connectivity index (χ2v) is 7.23. The van der Waals surface area contributed by atoms with Gasteiger partial charge >= 0.3 is 0 Å². The van der Waals surface area contributed by atoms with Crippen molar-refractivity contribution in [3.05, 3.63) is 24.3 Å². The van der Waals surface area contributed by atoms with Crippen LogP contribution in [0.1, 0.15) is 26.2 Å². The highest BCUT2D eigenvalue weighted by molar-refractivity contribution is 7.89. The number of nitrogen functional groups attached to an aromatic ring is 1. The first-order valence-corrected chi connectivity index (χ1v) is 8.58. The summed E-state index contributed by atoms with van der Waals surface area (Å²) >= 11 is 0. The third kappa shape index (κ3) is 3.86. The van der Waals surface area contributed by atoms with E-state index in [4.69, 9.17) is 10.5 Å². The van der Waals surface area contributed by atoms with Crippen molar-refractivity contribution in [1.82, 2.24) is 4.31 Å². The summed E-state index contributed by atoms with van der Waals surface area (Å²) in [5.41, 5.74) is 6.24. The van der Waals surface area contributed by atoms with Crippen LogP contribution in [0.25, 0.3) is 0 Å². The van der Waals surface area contributed by atoms with Gasteiger partial charge in [0.2, 0.25) is 10.0 Å². The number of hydrogen-bond acceptors (Lipinski definition) is 4. The molecule has 1 aromatic carbocycles. The molecule has 112 valence electrons. The summed E-state index contributed by atoms with van der Waals surface area (Å²) in [5, 5.41) is 0. The van der Waals surface area contributed by atoms with E-state index < -0.39 is 10.0 Å². The molecule has 0 aliphatic carbocycles. The van der Waals surface area contributed by atoms with Crippen molar-refractivity contribution in [3.8, 4) is 5.75 Å². The van der Waals surface area contributed by atoms with Crippen LogP contribution >= 0.6 is 0 Å². The number of nitrogens with zero attached hydrogens (tertiary/aromatic N) is 1. The summed E-state index contributed by atoms with van der Waals surface area (Å²) in [6.45, 7) is 2.76. The van der Waals surface area contributed by atoms with Crippen LogP contribution in [0.15, 0.2) is 24.3 Å². The van der Waals surface area contributed by atoms with Gasteiger partial charge in [-0.3, -0.25) is 0 Å². The van der Waals surface area contributed by atoms with Gasteiger partial charge < -0.3 is 10.5 Å². The van der Waals surface area contributed by atoms with Crippen molar-refractivity contribution in [1.29, 1.82) is 0 Å². The highest BCUT2D eigenvalue weighted by Gasteiger charge is 2.29. The van der Waals surface area contributed by atoms with Gasteiger partial charge in [0.15, 0.2) is 0 Å². The molecule has 1 saturated heterocycles. The second kappa shape index (κ2) is 6.45. The van der Waals surface area contributed by atoms with E-state index in [2.05, 4.69) is 0 Å². The Labute approximate surface area is 120 Å². The molecule has 1 atom stereocenters. The summed E-state index contributed by atoms with van der Waals surface area (Å²) in [6.07, 6.45) is 3.00. The van der Waals surface area contributed by atoms with Crippen molar-refractivity contribution < 1.29 is 13.2 Å². The van der Waals surface area contributed by atoms with Gasteiger partial charge in [-0.15, -0.1) is 0 Å². The number of piperidine rings is 1. The lowest BCUT2D eigenvalue weighted by molar-refractivity contribution is 0.264. The number of rotatable bonds is 5. The van der Waals surface area contributed by atoms with E-state index in [0.717, 1.165) is 19.3 Å². The molecule has 1 fully saturated rings. The van der Waals surface area contributed by atoms with Crippen molar-refractivity contribution in [2.24, 2.45) is 0 Å². The smallest absolute Gasteiger partial charge is 0.217 e. The molecule has 1 aliphatic rings. The fourth-order valence-corrected chi connectivity index (χ4v) is 4.02. The summed E-state index contributed by atoms with van der Waals surface area (Å²) < 4.78 is 31.6. The molecule has 0 radical (unpaired) electrons. The third-order valence-corrected chi connectivity index (χ3v) is 5.53. The number of ether oxygens (including phenoxy) is 1. The monoisotopic (exact) mass is 298 g/mol. The lowest BCUT2D eigenvalue weighted by Crippen LogP contribution is -2.43. The average Bonchev–Trinajstić information content (AvgIpc) is 2.41. The van der Waals surface area contributed by atoms with E-state index in [0.29, 0.717) is 18.0 Å². The summed E-state index contributed by atoms with van der Waals surface area (Å²) in [4.78, 5) is 0. The average molecular weight is 298 g/mol. The van der Waals surface area contributed by atoms with Gasteiger partial charge in [0.05, 0.1) is 5.75 Å². The zero-order chi connectivity index (χ0) is 14.6. The maximum absolute atomic E-state index is 12.3. The Balaban J connectivity index is 1.87. The van der Waals surface area contributed by atoms with Crippen LogP contribution in [0.2, 0.25) is 0 Å². The first kappa shape index (κ1) is 15.1. The third-order valence-electron chi connectivity index (χ3n) is 3.59. The van der Waals surface area contributed by atoms with Crippen LogP contribution < -0.4 is 10.5 Å². The van der Waals surface area contributed by atoms with Crippen LogP contribution in [0.5, 0.6) is 5.75 Å². The Morgan fingerprint density at radius 1 is 1.30 bits per heavy atom. The van der Waals surface area contributed by atoms with Gasteiger partial charge in [-0.2, -0.15) is 4.31 Å². The van der Waals surface area contributed by atoms with Crippen LogP contribution in [-0.2, 0) is 10.0 Å². The van der Waals surface area contributed by atoms with E-state index in [-0.39, 0.29) is 18.4 Å². The zero-order valence-corrected chi connectivity index (χ0v) is 12.6. The molecule has 2 N–H and O–H groups in total. The minimum atomic E-state index is -3.23. The topological polar surface area (TPSA) is 72.6 Å². The number of nitrogens with two attached hydrogens (primary N) is 1. The summed E-state index contributed by atoms with van der Waals surface area (Å²) in [5.74, 6) is 0.655. The number of anilines is 1. The van der Waals surface area contributed by atoms with Crippen LogP contribution in [0.3, 0.4) is 0 Å². The lowest BCUT2D eigenvalue weighted by atomic mass is 10.1. The van der Waals surface area contributed by atoms with E-state index in [1.54, 1.807) is 28.6 Å². The number of benzene rings is 1. The number of hydrogen-bond donors (Lipinski definition) is 1. The van der Waals surface area contributed by atoms with Crippen LogP contribution in [0.4, 0.5) is 5.69 Å². The molecule has 1 aromatic rings. The van der Waals surface area contributed by atoms with Crippen LogP contribution in [-0.4, -0.2) is 37.7 Å². The molecule has 20 heavy (non-hydrogen) atoms. The molecule has 0 bridgehead atoms. The molecule has 1 heterocycles. The Kier molecular flexibility index (Phi) is 4.88. The molecule has 5 nitrogen and oxygen atoms in total. The minimum absolute atomic E-state index is 0.0156. The van der Waals surface area contributed by atoms with Gasteiger partial charge in [-0.25, -0.2) is 8.42 Å². The van der Waals surface area contributed by atoms with Crippen molar-refractivity contribution in [2.45, 2.75) is 32.2 Å². The fourth-order valence-electron chi connectivity index (χ4n) is 2.43. The highest BCUT2D eigenvalue weighted by Crippen LogP contribution is 2.20. The molecule has 6 heteroatoms. The Bertz CT molecular complexity index is 528. The fraction of sp³-hybridized carbons (Fsp3) is 0.571. The molecular formula is C14H22N2O3S. The molecule has 1 aliphatic heterocycles. The lowest BCUT2D eigenvalue weighted by Gasteiger charge is -2.32. The molecule has 0 saturated carbocycles. The standard InChI is InChI=1S/C14H22N2O3S/c1-12-4-2-3-9-16(12)20(17,18)11-10-19-14-7-5-13(15)6-8-14/h5-8,12H,2-4,9-11,15H2,1H3. The van der Waals surface area contributed by atoms with Crippen molar-refractivity contribution in [3.63, 3.8) is 0 Å². The maximum Gasteiger partial charge on any atom is 0.217 e. The van der Waals surface area contributed by atoms with Gasteiger partial charge in [0, 0.05) is 18.3 Å². The summed E-state index contributed by atoms with van der Waals surface area (Å²) in [7, 11) is -3.23. The van der Waals surface area contributed by atoms with Gasteiger partial charge in [0.1, 0.15) is 12.4 Å². The zero-order valence-electron chi connectivity index (χ0n) is 11.8. The normalized spacial score (nSPS) is 20.8. The van der Waals surface area contributed by atoms with Gasteiger partial charge in [-0.1, -0.05) is 6.42 Å². The predicted molar refractivity (Wildman–Crippen MR) is 80.2 cm³/mol. The molecule has 2 rings (SSSR count). The highest BCUT2D eigenvalue weighted by atomic mass is 32.2. The van der Waals surface area contributed by atoms with E-state index >= 15 is 0 Å². The first-order valence-electron chi connectivity index (χ1n) is 6.97. The Morgan fingerprint density at radius 2 is 2.00 bits per heavy atom. The van der Waals surface area contributed by atoms with E-state index in [1.807, 2.05) is 6.92 Å². The summed E-state index contributed by atoms with van der Waals surface area (Å²) in [6, 6.07) is 7.05. The quantitative estimate of drug-likeness (QED) is 0.842. The molecule has 1 unspecified atom stereocenters. The SMILES string of the molecule is CC1CCCCN1S(=O)(=O)CCOc1ccc(N)cc1. The minimum Gasteiger partial charge on any atom is -0.492 e.